The van der Waals surface area contributed by atoms with Gasteiger partial charge < -0.3 is 14.2 Å². The van der Waals surface area contributed by atoms with E-state index in [0.717, 1.165) is 42.5 Å². The van der Waals surface area contributed by atoms with Crippen LogP contribution in [-0.4, -0.2) is 46.2 Å². The Hall–Kier alpha value is -3.15. The number of likely N-dealkylation sites (tertiary alicyclic amines) is 1. The van der Waals surface area contributed by atoms with Gasteiger partial charge in [0.1, 0.15) is 5.52 Å². The number of oxazole rings is 1. The Balaban J connectivity index is 1.34. The Morgan fingerprint density at radius 1 is 1.10 bits per heavy atom. The van der Waals surface area contributed by atoms with Gasteiger partial charge in [0.2, 0.25) is 11.8 Å². The zero-order chi connectivity index (χ0) is 21.4. The maximum Gasteiger partial charge on any atom is 0.225 e. The van der Waals surface area contributed by atoms with Crippen molar-refractivity contribution in [1.29, 1.82) is 0 Å². The summed E-state index contributed by atoms with van der Waals surface area (Å²) in [6.45, 7) is 3.61. The van der Waals surface area contributed by atoms with Gasteiger partial charge in [-0.1, -0.05) is 36.4 Å². The highest BCUT2D eigenvalue weighted by Crippen LogP contribution is 2.34. The van der Waals surface area contributed by atoms with Gasteiger partial charge in [0, 0.05) is 26.6 Å². The largest absolute Gasteiger partial charge is 0.440 e. The van der Waals surface area contributed by atoms with Crippen LogP contribution in [0.2, 0.25) is 0 Å². The van der Waals surface area contributed by atoms with Crippen LogP contribution in [0.1, 0.15) is 55.2 Å². The molecule has 2 aliphatic heterocycles. The second kappa shape index (κ2) is 8.17. The minimum atomic E-state index is -0.195. The van der Waals surface area contributed by atoms with E-state index in [1.807, 2.05) is 46.2 Å². The molecule has 3 aromatic rings. The first-order chi connectivity index (χ1) is 15.1. The van der Waals surface area contributed by atoms with Crippen molar-refractivity contribution in [2.24, 2.45) is 0 Å². The molecule has 2 atom stereocenters. The average Bonchev–Trinajstić information content (AvgIpc) is 3.23. The molecule has 6 nitrogen and oxygen atoms in total. The smallest absolute Gasteiger partial charge is 0.225 e. The van der Waals surface area contributed by atoms with Gasteiger partial charge in [-0.05, 0) is 42.5 Å². The van der Waals surface area contributed by atoms with E-state index in [-0.39, 0.29) is 23.8 Å². The van der Waals surface area contributed by atoms with Crippen molar-refractivity contribution in [3.05, 3.63) is 65.5 Å². The monoisotopic (exact) mass is 417 g/mol. The molecular weight excluding hydrogens is 390 g/mol. The number of hydrogen-bond donors (Lipinski definition) is 0. The van der Waals surface area contributed by atoms with E-state index in [4.69, 9.17) is 4.42 Å². The lowest BCUT2D eigenvalue weighted by Crippen LogP contribution is -2.44. The Bertz CT molecular complexity index is 1090. The highest BCUT2D eigenvalue weighted by atomic mass is 16.3. The molecule has 1 fully saturated rings. The van der Waals surface area contributed by atoms with Crippen molar-refractivity contribution in [1.82, 2.24) is 14.8 Å². The zero-order valence-electron chi connectivity index (χ0n) is 17.8. The van der Waals surface area contributed by atoms with E-state index >= 15 is 0 Å². The summed E-state index contributed by atoms with van der Waals surface area (Å²) in [4.78, 5) is 34.0. The number of nitrogens with zero attached hydrogens (tertiary/aromatic N) is 3. The fraction of sp³-hybridized carbons (Fsp3) is 0.400. The minimum Gasteiger partial charge on any atom is -0.440 e. The van der Waals surface area contributed by atoms with Gasteiger partial charge in [-0.2, -0.15) is 0 Å². The first-order valence-corrected chi connectivity index (χ1v) is 11.1. The topological polar surface area (TPSA) is 66.7 Å². The molecule has 0 bridgehead atoms. The maximum absolute atomic E-state index is 13.3. The number of fused-ring (bicyclic) bond motifs is 2. The van der Waals surface area contributed by atoms with Crippen molar-refractivity contribution in [2.45, 2.75) is 44.6 Å². The van der Waals surface area contributed by atoms with Crippen molar-refractivity contribution in [2.75, 3.05) is 19.6 Å². The maximum atomic E-state index is 13.3. The van der Waals surface area contributed by atoms with E-state index in [1.54, 1.807) is 6.92 Å². The normalized spacial score (nSPS) is 21.2. The third kappa shape index (κ3) is 3.82. The average molecular weight is 418 g/mol. The number of amides is 2. The Morgan fingerprint density at radius 2 is 1.90 bits per heavy atom. The van der Waals surface area contributed by atoms with Crippen molar-refractivity contribution in [3.63, 3.8) is 0 Å². The predicted octanol–water partition coefficient (Wildman–Crippen LogP) is 4.07. The van der Waals surface area contributed by atoms with E-state index in [9.17, 15) is 9.59 Å². The Morgan fingerprint density at radius 3 is 2.74 bits per heavy atom. The van der Waals surface area contributed by atoms with Gasteiger partial charge in [-0.3, -0.25) is 9.59 Å². The number of aromatic nitrogens is 1. The molecule has 1 aromatic heterocycles. The molecule has 5 rings (SSSR count). The van der Waals surface area contributed by atoms with Gasteiger partial charge >= 0.3 is 0 Å². The summed E-state index contributed by atoms with van der Waals surface area (Å²) in [5.74, 6) is 0.934. The highest BCUT2D eigenvalue weighted by molar-refractivity contribution is 5.80. The number of carbonyl (C=O) groups is 2. The summed E-state index contributed by atoms with van der Waals surface area (Å²) < 4.78 is 5.98. The molecule has 2 amide bonds. The molecule has 0 saturated carbocycles. The molecule has 2 unspecified atom stereocenters. The van der Waals surface area contributed by atoms with E-state index in [2.05, 4.69) is 17.1 Å². The van der Waals surface area contributed by atoms with Crippen molar-refractivity contribution < 1.29 is 14.0 Å². The minimum absolute atomic E-state index is 0.0234. The number of hydrogen-bond acceptors (Lipinski definition) is 4. The third-order valence-corrected chi connectivity index (χ3v) is 6.62. The van der Waals surface area contributed by atoms with E-state index < -0.39 is 0 Å². The van der Waals surface area contributed by atoms with Crippen LogP contribution in [0.5, 0.6) is 0 Å². The summed E-state index contributed by atoms with van der Waals surface area (Å²) in [7, 11) is 0. The molecule has 31 heavy (non-hydrogen) atoms. The molecular formula is C25H27N3O3. The summed E-state index contributed by atoms with van der Waals surface area (Å²) >= 11 is 0. The van der Waals surface area contributed by atoms with Crippen LogP contribution in [0.4, 0.5) is 0 Å². The summed E-state index contributed by atoms with van der Waals surface area (Å²) in [6, 6.07) is 15.7. The van der Waals surface area contributed by atoms with Crippen LogP contribution in [-0.2, 0) is 16.0 Å². The van der Waals surface area contributed by atoms with Crippen LogP contribution in [0.15, 0.2) is 52.9 Å². The molecule has 1 saturated heterocycles. The zero-order valence-corrected chi connectivity index (χ0v) is 17.8. The van der Waals surface area contributed by atoms with Crippen LogP contribution < -0.4 is 0 Å². The fourth-order valence-corrected chi connectivity index (χ4v) is 5.01. The van der Waals surface area contributed by atoms with Crippen molar-refractivity contribution >= 4 is 22.9 Å². The quantitative estimate of drug-likeness (QED) is 0.644. The van der Waals surface area contributed by atoms with Crippen LogP contribution in [0.25, 0.3) is 11.1 Å². The number of carbonyl (C=O) groups excluding carboxylic acids is 2. The second-order valence-electron chi connectivity index (χ2n) is 8.58. The highest BCUT2D eigenvalue weighted by Gasteiger charge is 2.34. The SMILES string of the molecule is CC(=O)N1CCc2ccccc2C1CC(=O)N1CCCC(c2nc3ccccc3o2)C1. The van der Waals surface area contributed by atoms with Gasteiger partial charge in [0.15, 0.2) is 11.5 Å². The lowest BCUT2D eigenvalue weighted by molar-refractivity contribution is -0.137. The lowest BCUT2D eigenvalue weighted by atomic mass is 9.89. The molecule has 6 heteroatoms. The second-order valence-corrected chi connectivity index (χ2v) is 8.58. The van der Waals surface area contributed by atoms with E-state index in [1.165, 1.54) is 5.56 Å². The number of benzene rings is 2. The molecule has 2 aliphatic rings. The number of rotatable bonds is 3. The van der Waals surface area contributed by atoms with Gasteiger partial charge in [-0.15, -0.1) is 0 Å². The molecule has 0 aliphatic carbocycles. The Labute approximate surface area is 181 Å². The number of para-hydroxylation sites is 2. The van der Waals surface area contributed by atoms with E-state index in [0.29, 0.717) is 25.4 Å². The molecule has 160 valence electrons. The lowest BCUT2D eigenvalue weighted by Gasteiger charge is -2.38. The summed E-state index contributed by atoms with van der Waals surface area (Å²) in [5, 5.41) is 0. The van der Waals surface area contributed by atoms with Crippen LogP contribution >= 0.6 is 0 Å². The first kappa shape index (κ1) is 19.8. The predicted molar refractivity (Wildman–Crippen MR) is 117 cm³/mol. The Kier molecular flexibility index (Phi) is 5.22. The van der Waals surface area contributed by atoms with Crippen LogP contribution in [0.3, 0.4) is 0 Å². The van der Waals surface area contributed by atoms with Crippen molar-refractivity contribution in [3.8, 4) is 0 Å². The number of piperidine rings is 1. The summed E-state index contributed by atoms with van der Waals surface area (Å²) in [5.41, 5.74) is 3.99. The molecule has 3 heterocycles. The van der Waals surface area contributed by atoms with Gasteiger partial charge in [-0.25, -0.2) is 4.98 Å². The third-order valence-electron chi connectivity index (χ3n) is 6.62. The molecule has 0 radical (unpaired) electrons. The molecule has 0 spiro atoms. The van der Waals surface area contributed by atoms with Gasteiger partial charge in [0.05, 0.1) is 18.4 Å². The summed E-state index contributed by atoms with van der Waals surface area (Å²) in [6.07, 6.45) is 3.04. The van der Waals surface area contributed by atoms with Gasteiger partial charge in [0.25, 0.3) is 0 Å². The molecule has 2 aromatic carbocycles. The standard InChI is InChI=1S/C25H27N3O3/c1-17(29)28-14-12-18-7-2-3-9-20(18)22(28)15-24(30)27-13-6-8-19(16-27)25-26-21-10-4-5-11-23(21)31-25/h2-5,7,9-11,19,22H,6,8,12-16H2,1H3. The first-order valence-electron chi connectivity index (χ1n) is 11.1. The van der Waals surface area contributed by atoms with Crippen LogP contribution in [0, 0.1) is 0 Å². The molecule has 0 N–H and O–H groups in total. The fourth-order valence-electron chi connectivity index (χ4n) is 5.01.